The van der Waals surface area contributed by atoms with Crippen LogP contribution in [0.5, 0.6) is 0 Å². The Morgan fingerprint density at radius 3 is 2.92 bits per heavy atom. The number of rotatable bonds is 2. The van der Waals surface area contributed by atoms with Gasteiger partial charge in [0.2, 0.25) is 0 Å². The molecule has 0 spiro atoms. The van der Waals surface area contributed by atoms with Crippen molar-refractivity contribution >= 4 is 11.8 Å². The number of aromatic nitrogens is 2. The van der Waals surface area contributed by atoms with E-state index >= 15 is 0 Å². The third-order valence-electron chi connectivity index (χ3n) is 1.47. The van der Waals surface area contributed by atoms with Crippen molar-refractivity contribution in [2.75, 3.05) is 5.73 Å². The van der Waals surface area contributed by atoms with E-state index in [0.29, 0.717) is 17.2 Å². The molecule has 70 valence electrons. The zero-order chi connectivity index (χ0) is 9.84. The summed E-state index contributed by atoms with van der Waals surface area (Å²) in [5.41, 5.74) is 11.1. The first-order chi connectivity index (χ1) is 6.09. The third-order valence-corrected chi connectivity index (χ3v) is 1.47. The quantitative estimate of drug-likeness (QED) is 0.573. The number of carbonyl (C=O) groups is 1. The van der Waals surface area contributed by atoms with Gasteiger partial charge in [0.15, 0.2) is 0 Å². The molecule has 0 saturated heterocycles. The lowest BCUT2D eigenvalue weighted by Crippen LogP contribution is -2.29. The van der Waals surface area contributed by atoms with E-state index < -0.39 is 6.03 Å². The highest BCUT2D eigenvalue weighted by molar-refractivity contribution is 5.71. The van der Waals surface area contributed by atoms with Crippen LogP contribution < -0.4 is 16.8 Å². The summed E-state index contributed by atoms with van der Waals surface area (Å²) in [5, 5.41) is 2.40. The lowest BCUT2D eigenvalue weighted by molar-refractivity contribution is 0.248. The number of nitrogens with zero attached hydrogens (tertiary/aromatic N) is 2. The average Bonchev–Trinajstić information content (AvgIpc) is 2.02. The molecule has 2 amide bonds. The fraction of sp³-hybridized carbons (Fsp3) is 0.286. The summed E-state index contributed by atoms with van der Waals surface area (Å²) in [5.74, 6) is 0.960. The molecular formula is C7H11N5O. The van der Waals surface area contributed by atoms with Crippen molar-refractivity contribution in [2.24, 2.45) is 5.73 Å². The molecule has 0 unspecified atom stereocenters. The molecule has 5 N–H and O–H groups in total. The Labute approximate surface area is 75.4 Å². The highest BCUT2D eigenvalue weighted by atomic mass is 16.2. The zero-order valence-corrected chi connectivity index (χ0v) is 7.24. The standard InChI is InChI=1S/C7H11N5O/c1-4-10-2-5(6(8)12-4)3-11-7(9)13/h2H,3H2,1H3,(H2,8,10,12)(H3,9,11,13). The molecule has 1 heterocycles. The Hall–Kier alpha value is -1.85. The minimum absolute atomic E-state index is 0.251. The van der Waals surface area contributed by atoms with Crippen molar-refractivity contribution in [2.45, 2.75) is 13.5 Å². The lowest BCUT2D eigenvalue weighted by Gasteiger charge is -2.04. The summed E-state index contributed by atoms with van der Waals surface area (Å²) in [7, 11) is 0. The summed E-state index contributed by atoms with van der Waals surface area (Å²) < 4.78 is 0. The Morgan fingerprint density at radius 1 is 1.69 bits per heavy atom. The van der Waals surface area contributed by atoms with Crippen LogP contribution >= 0.6 is 0 Å². The summed E-state index contributed by atoms with van der Waals surface area (Å²) in [6, 6.07) is -0.597. The first-order valence-electron chi connectivity index (χ1n) is 3.71. The number of hydrogen-bond acceptors (Lipinski definition) is 4. The predicted octanol–water partition coefficient (Wildman–Crippen LogP) is -0.464. The molecular weight excluding hydrogens is 170 g/mol. The molecule has 1 rings (SSSR count). The topological polar surface area (TPSA) is 107 Å². The number of primary amides is 1. The molecule has 0 atom stereocenters. The van der Waals surface area contributed by atoms with Crippen molar-refractivity contribution in [3.05, 3.63) is 17.6 Å². The van der Waals surface area contributed by atoms with E-state index in [1.807, 2.05) is 0 Å². The molecule has 0 radical (unpaired) electrons. The molecule has 0 saturated carbocycles. The van der Waals surface area contributed by atoms with Crippen LogP contribution in [0.25, 0.3) is 0 Å². The van der Waals surface area contributed by atoms with E-state index in [1.165, 1.54) is 0 Å². The second-order valence-electron chi connectivity index (χ2n) is 2.55. The largest absolute Gasteiger partial charge is 0.383 e. The molecule has 0 aliphatic heterocycles. The van der Waals surface area contributed by atoms with Crippen LogP contribution in [0.1, 0.15) is 11.4 Å². The van der Waals surface area contributed by atoms with Gasteiger partial charge in [-0.25, -0.2) is 14.8 Å². The van der Waals surface area contributed by atoms with E-state index in [1.54, 1.807) is 13.1 Å². The maximum absolute atomic E-state index is 10.4. The molecule has 1 aromatic heterocycles. The smallest absolute Gasteiger partial charge is 0.312 e. The van der Waals surface area contributed by atoms with Crippen LogP contribution in [0.15, 0.2) is 6.20 Å². The van der Waals surface area contributed by atoms with Gasteiger partial charge in [0.25, 0.3) is 0 Å². The van der Waals surface area contributed by atoms with Gasteiger partial charge in [-0.05, 0) is 6.92 Å². The highest BCUT2D eigenvalue weighted by Crippen LogP contribution is 2.05. The number of carbonyl (C=O) groups excluding carboxylic acids is 1. The van der Waals surface area contributed by atoms with Crippen LogP contribution in [0.4, 0.5) is 10.6 Å². The second-order valence-corrected chi connectivity index (χ2v) is 2.55. The molecule has 0 aliphatic rings. The first kappa shape index (κ1) is 9.24. The van der Waals surface area contributed by atoms with E-state index in [-0.39, 0.29) is 6.54 Å². The number of aryl methyl sites for hydroxylation is 1. The van der Waals surface area contributed by atoms with Crippen molar-refractivity contribution < 1.29 is 4.79 Å². The van der Waals surface area contributed by atoms with Crippen molar-refractivity contribution in [3.63, 3.8) is 0 Å². The van der Waals surface area contributed by atoms with Gasteiger partial charge in [0, 0.05) is 18.3 Å². The normalized spacial score (nSPS) is 9.62. The number of nitrogens with two attached hydrogens (primary N) is 2. The minimum Gasteiger partial charge on any atom is -0.383 e. The summed E-state index contributed by atoms with van der Waals surface area (Å²) in [4.78, 5) is 18.2. The molecule has 1 aromatic rings. The monoisotopic (exact) mass is 181 g/mol. The Morgan fingerprint density at radius 2 is 2.38 bits per heavy atom. The fourth-order valence-corrected chi connectivity index (χ4v) is 0.831. The van der Waals surface area contributed by atoms with Gasteiger partial charge in [0.05, 0.1) is 0 Å². The number of nitrogen functional groups attached to an aromatic ring is 1. The van der Waals surface area contributed by atoms with Crippen LogP contribution in [-0.4, -0.2) is 16.0 Å². The van der Waals surface area contributed by atoms with Crippen LogP contribution in [0, 0.1) is 6.92 Å². The summed E-state index contributed by atoms with van der Waals surface area (Å²) in [6.07, 6.45) is 1.56. The Bertz CT molecular complexity index is 325. The molecule has 13 heavy (non-hydrogen) atoms. The first-order valence-corrected chi connectivity index (χ1v) is 3.71. The van der Waals surface area contributed by atoms with E-state index in [0.717, 1.165) is 0 Å². The van der Waals surface area contributed by atoms with Gasteiger partial charge < -0.3 is 16.8 Å². The highest BCUT2D eigenvalue weighted by Gasteiger charge is 2.01. The number of urea groups is 1. The van der Waals surface area contributed by atoms with E-state index in [9.17, 15) is 4.79 Å². The summed E-state index contributed by atoms with van der Waals surface area (Å²) >= 11 is 0. The van der Waals surface area contributed by atoms with Crippen molar-refractivity contribution in [1.82, 2.24) is 15.3 Å². The van der Waals surface area contributed by atoms with Gasteiger partial charge in [-0.3, -0.25) is 0 Å². The van der Waals surface area contributed by atoms with Crippen LogP contribution in [-0.2, 0) is 6.54 Å². The number of anilines is 1. The molecule has 0 aliphatic carbocycles. The zero-order valence-electron chi connectivity index (χ0n) is 7.24. The number of hydrogen-bond donors (Lipinski definition) is 3. The molecule has 0 fully saturated rings. The fourth-order valence-electron chi connectivity index (χ4n) is 0.831. The van der Waals surface area contributed by atoms with Crippen molar-refractivity contribution in [3.8, 4) is 0 Å². The lowest BCUT2D eigenvalue weighted by atomic mass is 10.3. The van der Waals surface area contributed by atoms with Gasteiger partial charge in [-0.1, -0.05) is 0 Å². The maximum atomic E-state index is 10.4. The molecule has 0 aromatic carbocycles. The van der Waals surface area contributed by atoms with Crippen LogP contribution in [0.2, 0.25) is 0 Å². The van der Waals surface area contributed by atoms with Gasteiger partial charge in [-0.2, -0.15) is 0 Å². The van der Waals surface area contributed by atoms with Gasteiger partial charge in [0.1, 0.15) is 11.6 Å². The second kappa shape index (κ2) is 3.70. The maximum Gasteiger partial charge on any atom is 0.312 e. The molecule has 6 nitrogen and oxygen atoms in total. The average molecular weight is 181 g/mol. The Kier molecular flexibility index (Phi) is 2.63. The van der Waals surface area contributed by atoms with Gasteiger partial charge >= 0.3 is 6.03 Å². The Balaban J connectivity index is 2.72. The van der Waals surface area contributed by atoms with Crippen molar-refractivity contribution in [1.29, 1.82) is 0 Å². The van der Waals surface area contributed by atoms with Crippen LogP contribution in [0.3, 0.4) is 0 Å². The third kappa shape index (κ3) is 2.58. The van der Waals surface area contributed by atoms with E-state index in [4.69, 9.17) is 11.5 Å². The molecule has 6 heteroatoms. The predicted molar refractivity (Wildman–Crippen MR) is 47.6 cm³/mol. The minimum atomic E-state index is -0.597. The number of nitrogens with one attached hydrogen (secondary N) is 1. The molecule has 0 bridgehead atoms. The summed E-state index contributed by atoms with van der Waals surface area (Å²) in [6.45, 7) is 1.99. The SMILES string of the molecule is Cc1ncc(CNC(N)=O)c(N)n1. The number of amides is 2. The van der Waals surface area contributed by atoms with Gasteiger partial charge in [-0.15, -0.1) is 0 Å². The van der Waals surface area contributed by atoms with E-state index in [2.05, 4.69) is 15.3 Å².